The van der Waals surface area contributed by atoms with Crippen molar-refractivity contribution in [3.05, 3.63) is 46.3 Å². The summed E-state index contributed by atoms with van der Waals surface area (Å²) in [4.78, 5) is 19.4. The Morgan fingerprint density at radius 3 is 2.91 bits per heavy atom. The van der Waals surface area contributed by atoms with Gasteiger partial charge in [0.05, 0.1) is 13.2 Å². The van der Waals surface area contributed by atoms with Gasteiger partial charge >= 0.3 is 6.03 Å². The molecule has 22 heavy (non-hydrogen) atoms. The van der Waals surface area contributed by atoms with Gasteiger partial charge in [-0.1, -0.05) is 12.1 Å². The van der Waals surface area contributed by atoms with Gasteiger partial charge in [0.25, 0.3) is 0 Å². The molecule has 2 heterocycles. The Bertz CT molecular complexity index is 587. The number of hydrogen-bond donors (Lipinski definition) is 1. The maximum Gasteiger partial charge on any atom is 0.317 e. The molecule has 0 fully saturated rings. The highest BCUT2D eigenvalue weighted by atomic mass is 32.1. The molecule has 5 nitrogen and oxygen atoms in total. The van der Waals surface area contributed by atoms with Gasteiger partial charge in [-0.3, -0.25) is 0 Å². The molecule has 0 bridgehead atoms. The van der Waals surface area contributed by atoms with Crippen molar-refractivity contribution in [3.8, 4) is 5.88 Å². The highest BCUT2D eigenvalue weighted by molar-refractivity contribution is 7.09. The molecule has 1 N–H and O–H groups in total. The molecule has 0 unspecified atom stereocenters. The number of amides is 2. The number of aromatic nitrogens is 1. The number of carbonyl (C=O) groups excluding carboxylic acids is 1. The van der Waals surface area contributed by atoms with E-state index in [0.717, 1.165) is 5.56 Å². The maximum absolute atomic E-state index is 12.3. The highest BCUT2D eigenvalue weighted by Gasteiger charge is 2.13. The van der Waals surface area contributed by atoms with Crippen LogP contribution in [0.2, 0.25) is 0 Å². The molecule has 0 aliphatic carbocycles. The van der Waals surface area contributed by atoms with Gasteiger partial charge in [-0.2, -0.15) is 0 Å². The minimum Gasteiger partial charge on any atom is -0.478 e. The van der Waals surface area contributed by atoms with Crippen molar-refractivity contribution >= 4 is 17.4 Å². The van der Waals surface area contributed by atoms with Crippen molar-refractivity contribution in [2.45, 2.75) is 26.9 Å². The molecule has 0 radical (unpaired) electrons. The molecule has 0 aromatic carbocycles. The van der Waals surface area contributed by atoms with Crippen LogP contribution in [0.5, 0.6) is 5.88 Å². The van der Waals surface area contributed by atoms with Crippen LogP contribution in [0, 0.1) is 0 Å². The average molecular weight is 319 g/mol. The number of thiophene rings is 1. The van der Waals surface area contributed by atoms with Crippen molar-refractivity contribution in [2.24, 2.45) is 0 Å². The summed E-state index contributed by atoms with van der Waals surface area (Å²) in [5, 5.41) is 4.95. The normalized spacial score (nSPS) is 10.3. The molecule has 2 aromatic heterocycles. The Morgan fingerprint density at radius 1 is 1.36 bits per heavy atom. The van der Waals surface area contributed by atoms with Crippen molar-refractivity contribution in [1.82, 2.24) is 15.2 Å². The van der Waals surface area contributed by atoms with Gasteiger partial charge in [0.2, 0.25) is 5.88 Å². The summed E-state index contributed by atoms with van der Waals surface area (Å²) in [6, 6.07) is 7.70. The molecule has 0 saturated carbocycles. The molecular weight excluding hydrogens is 298 g/mol. The van der Waals surface area contributed by atoms with Crippen LogP contribution >= 0.6 is 11.3 Å². The first-order valence-corrected chi connectivity index (χ1v) is 8.24. The number of nitrogens with one attached hydrogen (secondary N) is 1. The molecule has 0 atom stereocenters. The van der Waals surface area contributed by atoms with E-state index in [-0.39, 0.29) is 6.03 Å². The number of ether oxygens (including phenoxy) is 1. The van der Waals surface area contributed by atoms with E-state index >= 15 is 0 Å². The predicted molar refractivity (Wildman–Crippen MR) is 88.0 cm³/mol. The SMILES string of the molecule is CCOc1ncccc1CNC(=O)N(CC)Cc1cccs1. The third kappa shape index (κ3) is 4.46. The predicted octanol–water partition coefficient (Wildman–Crippen LogP) is 3.27. The Kier molecular flexibility index (Phi) is 6.21. The summed E-state index contributed by atoms with van der Waals surface area (Å²) in [5.41, 5.74) is 0.880. The summed E-state index contributed by atoms with van der Waals surface area (Å²) in [5.74, 6) is 0.576. The fourth-order valence-electron chi connectivity index (χ4n) is 2.03. The number of rotatable bonds is 7. The molecule has 0 saturated heterocycles. The first kappa shape index (κ1) is 16.3. The lowest BCUT2D eigenvalue weighted by atomic mass is 10.2. The fourth-order valence-corrected chi connectivity index (χ4v) is 2.75. The number of urea groups is 1. The van der Waals surface area contributed by atoms with Gasteiger partial charge < -0.3 is 15.0 Å². The van der Waals surface area contributed by atoms with Crippen LogP contribution < -0.4 is 10.1 Å². The van der Waals surface area contributed by atoms with E-state index in [1.807, 2.05) is 43.5 Å². The average Bonchev–Trinajstić information content (AvgIpc) is 3.05. The molecular formula is C16H21N3O2S. The van der Waals surface area contributed by atoms with Crippen molar-refractivity contribution < 1.29 is 9.53 Å². The Labute approximate surface area is 134 Å². The standard InChI is InChI=1S/C16H21N3O2S/c1-3-19(12-14-8-6-10-22-14)16(20)18-11-13-7-5-9-17-15(13)21-4-2/h5-10H,3-4,11-12H2,1-2H3,(H,18,20). The molecule has 0 aliphatic heterocycles. The monoisotopic (exact) mass is 319 g/mol. The zero-order chi connectivity index (χ0) is 15.8. The van der Waals surface area contributed by atoms with Crippen molar-refractivity contribution in [3.63, 3.8) is 0 Å². The lowest BCUT2D eigenvalue weighted by Crippen LogP contribution is -2.38. The lowest BCUT2D eigenvalue weighted by Gasteiger charge is -2.21. The molecule has 0 aliphatic rings. The molecule has 2 amide bonds. The van der Waals surface area contributed by atoms with Gasteiger partial charge in [0.15, 0.2) is 0 Å². The van der Waals surface area contributed by atoms with E-state index in [4.69, 9.17) is 4.74 Å². The van der Waals surface area contributed by atoms with E-state index in [9.17, 15) is 4.79 Å². The molecule has 0 spiro atoms. The summed E-state index contributed by atoms with van der Waals surface area (Å²) in [6.45, 7) is 6.14. The van der Waals surface area contributed by atoms with Gasteiger partial charge in [0.1, 0.15) is 0 Å². The quantitative estimate of drug-likeness (QED) is 0.852. The number of pyridine rings is 1. The van der Waals surface area contributed by atoms with Crippen molar-refractivity contribution in [1.29, 1.82) is 0 Å². The third-order valence-electron chi connectivity index (χ3n) is 3.16. The fraction of sp³-hybridized carbons (Fsp3) is 0.375. The molecule has 2 aromatic rings. The van der Waals surface area contributed by atoms with Crippen molar-refractivity contribution in [2.75, 3.05) is 13.2 Å². The van der Waals surface area contributed by atoms with Gasteiger partial charge in [-0.05, 0) is 31.4 Å². The van der Waals surface area contributed by atoms with Crippen LogP contribution in [0.4, 0.5) is 4.79 Å². The topological polar surface area (TPSA) is 54.5 Å². The molecule has 118 valence electrons. The van der Waals surface area contributed by atoms with Gasteiger partial charge in [-0.15, -0.1) is 11.3 Å². The maximum atomic E-state index is 12.3. The second-order valence-electron chi connectivity index (χ2n) is 4.65. The molecule has 6 heteroatoms. The lowest BCUT2D eigenvalue weighted by molar-refractivity contribution is 0.198. The van der Waals surface area contributed by atoms with Crippen LogP contribution in [0.25, 0.3) is 0 Å². The minimum absolute atomic E-state index is 0.0813. The first-order chi connectivity index (χ1) is 10.7. The van der Waals surface area contributed by atoms with Gasteiger partial charge in [-0.25, -0.2) is 9.78 Å². The zero-order valence-corrected chi connectivity index (χ0v) is 13.7. The smallest absolute Gasteiger partial charge is 0.317 e. The second kappa shape index (κ2) is 8.38. The number of carbonyl (C=O) groups is 1. The Morgan fingerprint density at radius 2 is 2.23 bits per heavy atom. The summed E-state index contributed by atoms with van der Waals surface area (Å²) in [6.07, 6.45) is 1.69. The van der Waals surface area contributed by atoms with E-state index in [0.29, 0.717) is 32.1 Å². The molecule has 2 rings (SSSR count). The third-order valence-corrected chi connectivity index (χ3v) is 4.02. The first-order valence-electron chi connectivity index (χ1n) is 7.36. The van der Waals surface area contributed by atoms with Crippen LogP contribution in [0.1, 0.15) is 24.3 Å². The van der Waals surface area contributed by atoms with Crippen LogP contribution in [0.15, 0.2) is 35.8 Å². The second-order valence-corrected chi connectivity index (χ2v) is 5.69. The summed E-state index contributed by atoms with van der Waals surface area (Å²) in [7, 11) is 0. The van der Waals surface area contributed by atoms with E-state index in [2.05, 4.69) is 10.3 Å². The number of nitrogens with zero attached hydrogens (tertiary/aromatic N) is 2. The Balaban J connectivity index is 1.93. The Hall–Kier alpha value is -2.08. The van der Waals surface area contributed by atoms with E-state index in [1.165, 1.54) is 4.88 Å². The largest absolute Gasteiger partial charge is 0.478 e. The minimum atomic E-state index is -0.0813. The van der Waals surface area contributed by atoms with E-state index < -0.39 is 0 Å². The number of hydrogen-bond acceptors (Lipinski definition) is 4. The van der Waals surface area contributed by atoms with Crippen LogP contribution in [0.3, 0.4) is 0 Å². The summed E-state index contributed by atoms with van der Waals surface area (Å²) < 4.78 is 5.47. The van der Waals surface area contributed by atoms with Crippen LogP contribution in [-0.2, 0) is 13.1 Å². The van der Waals surface area contributed by atoms with Gasteiger partial charge in [0, 0.05) is 29.7 Å². The van der Waals surface area contributed by atoms with Crippen LogP contribution in [-0.4, -0.2) is 29.1 Å². The van der Waals surface area contributed by atoms with E-state index in [1.54, 1.807) is 22.4 Å². The zero-order valence-electron chi connectivity index (χ0n) is 12.9. The highest BCUT2D eigenvalue weighted by Crippen LogP contribution is 2.15. The summed E-state index contributed by atoms with van der Waals surface area (Å²) >= 11 is 1.66.